The molecule has 0 unspecified atom stereocenters. The summed E-state index contributed by atoms with van der Waals surface area (Å²) in [6, 6.07) is 22.9. The molecule has 0 atom stereocenters. The fourth-order valence-corrected chi connectivity index (χ4v) is 4.12. The summed E-state index contributed by atoms with van der Waals surface area (Å²) in [6.45, 7) is 20.7. The van der Waals surface area contributed by atoms with Gasteiger partial charge < -0.3 is 0 Å². The molecule has 1 heteroatoms. The maximum atomic E-state index is 3.64. The van der Waals surface area contributed by atoms with Crippen molar-refractivity contribution in [3.63, 3.8) is 0 Å². The molecule has 3 rings (SSSR count). The molecule has 0 spiro atoms. The van der Waals surface area contributed by atoms with Gasteiger partial charge in [-0.3, -0.25) is 0 Å². The Morgan fingerprint density at radius 1 is 0.452 bits per heavy atom. The Hall–Kier alpha value is -1.86. The standard InChI is InChI=1S/C30H37Br/c1-28(2,3)24-14-21(20-11-10-12-27(31)18-20)13-22(15-24)23-16-25(29(4,5)6)19-26(17-23)30(7,8)9/h10-19H,1-9H3. The van der Waals surface area contributed by atoms with Gasteiger partial charge in [-0.25, -0.2) is 0 Å². The Morgan fingerprint density at radius 2 is 0.839 bits per heavy atom. The summed E-state index contributed by atoms with van der Waals surface area (Å²) in [4.78, 5) is 0. The quantitative estimate of drug-likeness (QED) is 0.345. The van der Waals surface area contributed by atoms with Crippen molar-refractivity contribution in [3.8, 4) is 22.3 Å². The van der Waals surface area contributed by atoms with Crippen molar-refractivity contribution in [2.45, 2.75) is 78.6 Å². The van der Waals surface area contributed by atoms with Crippen LogP contribution in [0, 0.1) is 0 Å². The van der Waals surface area contributed by atoms with Crippen LogP contribution in [0.1, 0.15) is 79.0 Å². The molecule has 0 aliphatic heterocycles. The molecule has 0 fully saturated rings. The molecule has 0 N–H and O–H groups in total. The van der Waals surface area contributed by atoms with Crippen molar-refractivity contribution in [2.75, 3.05) is 0 Å². The summed E-state index contributed by atoms with van der Waals surface area (Å²) in [5.74, 6) is 0. The number of hydrogen-bond acceptors (Lipinski definition) is 0. The predicted octanol–water partition coefficient (Wildman–Crippen LogP) is 9.68. The number of benzene rings is 3. The molecule has 0 nitrogen and oxygen atoms in total. The summed E-state index contributed by atoms with van der Waals surface area (Å²) < 4.78 is 1.11. The van der Waals surface area contributed by atoms with Gasteiger partial charge in [0.1, 0.15) is 0 Å². The molecule has 0 heterocycles. The van der Waals surface area contributed by atoms with Gasteiger partial charge in [-0.2, -0.15) is 0 Å². The zero-order valence-corrected chi connectivity index (χ0v) is 22.2. The van der Waals surface area contributed by atoms with Gasteiger partial charge in [-0.05, 0) is 73.4 Å². The van der Waals surface area contributed by atoms with Crippen molar-refractivity contribution in [2.24, 2.45) is 0 Å². The Balaban J connectivity index is 2.30. The van der Waals surface area contributed by atoms with E-state index < -0.39 is 0 Å². The lowest BCUT2D eigenvalue weighted by Gasteiger charge is -2.27. The third kappa shape index (κ3) is 5.69. The minimum Gasteiger partial charge on any atom is -0.0605 e. The summed E-state index contributed by atoms with van der Waals surface area (Å²) in [5.41, 5.74) is 9.52. The van der Waals surface area contributed by atoms with Gasteiger partial charge in [0.05, 0.1) is 0 Å². The lowest BCUT2D eigenvalue weighted by atomic mass is 9.78. The average molecular weight is 478 g/mol. The van der Waals surface area contributed by atoms with Crippen molar-refractivity contribution in [1.82, 2.24) is 0 Å². The second kappa shape index (κ2) is 8.24. The van der Waals surface area contributed by atoms with Gasteiger partial charge in [-0.15, -0.1) is 0 Å². The highest BCUT2D eigenvalue weighted by Crippen LogP contribution is 2.38. The molecule has 0 bridgehead atoms. The first kappa shape index (κ1) is 23.8. The third-order valence-corrected chi connectivity index (χ3v) is 6.45. The molecular formula is C30H37Br. The third-order valence-electron chi connectivity index (χ3n) is 5.96. The smallest absolute Gasteiger partial charge is 0.0181 e. The molecule has 0 radical (unpaired) electrons. The van der Waals surface area contributed by atoms with Gasteiger partial charge in [0, 0.05) is 4.47 Å². The largest absolute Gasteiger partial charge is 0.0605 e. The average Bonchev–Trinajstić information content (AvgIpc) is 2.65. The molecular weight excluding hydrogens is 440 g/mol. The SMILES string of the molecule is CC(C)(C)c1cc(-c2cccc(Br)c2)cc(-c2cc(C(C)(C)C)cc(C(C)(C)C)c2)c1. The van der Waals surface area contributed by atoms with Gasteiger partial charge in [0.2, 0.25) is 0 Å². The maximum Gasteiger partial charge on any atom is 0.0181 e. The second-order valence-electron chi connectivity index (χ2n) is 11.9. The first-order valence-electron chi connectivity index (χ1n) is 11.2. The van der Waals surface area contributed by atoms with E-state index in [2.05, 4.69) is 139 Å². The second-order valence-corrected chi connectivity index (χ2v) is 12.8. The van der Waals surface area contributed by atoms with Crippen LogP contribution in [0.4, 0.5) is 0 Å². The van der Waals surface area contributed by atoms with Crippen LogP contribution in [-0.2, 0) is 16.2 Å². The zero-order chi connectivity index (χ0) is 23.2. The summed E-state index contributed by atoms with van der Waals surface area (Å²) in [7, 11) is 0. The Bertz CT molecular complexity index is 1050. The molecule has 0 aromatic heterocycles. The van der Waals surface area contributed by atoms with Crippen LogP contribution in [0.3, 0.4) is 0 Å². The van der Waals surface area contributed by atoms with Crippen molar-refractivity contribution < 1.29 is 0 Å². The normalized spacial score (nSPS) is 12.8. The molecule has 31 heavy (non-hydrogen) atoms. The molecule has 164 valence electrons. The van der Waals surface area contributed by atoms with Crippen LogP contribution in [0.5, 0.6) is 0 Å². The van der Waals surface area contributed by atoms with Crippen LogP contribution in [-0.4, -0.2) is 0 Å². The van der Waals surface area contributed by atoms with E-state index in [0.29, 0.717) is 0 Å². The summed E-state index contributed by atoms with van der Waals surface area (Å²) in [6.07, 6.45) is 0. The monoisotopic (exact) mass is 476 g/mol. The summed E-state index contributed by atoms with van der Waals surface area (Å²) in [5, 5.41) is 0. The van der Waals surface area contributed by atoms with E-state index in [1.807, 2.05) is 0 Å². The van der Waals surface area contributed by atoms with E-state index in [-0.39, 0.29) is 16.2 Å². The van der Waals surface area contributed by atoms with E-state index in [1.165, 1.54) is 38.9 Å². The first-order chi connectivity index (χ1) is 14.1. The van der Waals surface area contributed by atoms with Crippen LogP contribution >= 0.6 is 15.9 Å². The van der Waals surface area contributed by atoms with E-state index in [1.54, 1.807) is 0 Å². The number of halogens is 1. The Labute approximate surface area is 198 Å². The highest BCUT2D eigenvalue weighted by Gasteiger charge is 2.22. The lowest BCUT2D eigenvalue weighted by Crippen LogP contribution is -2.16. The zero-order valence-electron chi connectivity index (χ0n) is 20.7. The fourth-order valence-electron chi connectivity index (χ4n) is 3.72. The molecule has 0 aliphatic carbocycles. The summed E-state index contributed by atoms with van der Waals surface area (Å²) >= 11 is 3.64. The molecule has 3 aromatic rings. The van der Waals surface area contributed by atoms with Gasteiger partial charge in [0.15, 0.2) is 0 Å². The topological polar surface area (TPSA) is 0 Å². The van der Waals surface area contributed by atoms with Gasteiger partial charge in [-0.1, -0.05) is 121 Å². The maximum absolute atomic E-state index is 3.64. The number of hydrogen-bond donors (Lipinski definition) is 0. The van der Waals surface area contributed by atoms with Crippen LogP contribution < -0.4 is 0 Å². The van der Waals surface area contributed by atoms with E-state index in [0.717, 1.165) is 4.47 Å². The predicted molar refractivity (Wildman–Crippen MR) is 141 cm³/mol. The Kier molecular flexibility index (Phi) is 6.33. The first-order valence-corrected chi connectivity index (χ1v) is 12.0. The van der Waals surface area contributed by atoms with Crippen LogP contribution in [0.25, 0.3) is 22.3 Å². The minimum atomic E-state index is 0.0747. The van der Waals surface area contributed by atoms with E-state index >= 15 is 0 Å². The van der Waals surface area contributed by atoms with Crippen molar-refractivity contribution in [1.29, 1.82) is 0 Å². The van der Waals surface area contributed by atoms with E-state index in [4.69, 9.17) is 0 Å². The Morgan fingerprint density at radius 3 is 1.26 bits per heavy atom. The highest BCUT2D eigenvalue weighted by molar-refractivity contribution is 9.10. The van der Waals surface area contributed by atoms with Crippen LogP contribution in [0.15, 0.2) is 65.1 Å². The molecule has 0 aliphatic rings. The molecule has 0 saturated carbocycles. The minimum absolute atomic E-state index is 0.0747. The van der Waals surface area contributed by atoms with Crippen LogP contribution in [0.2, 0.25) is 0 Å². The van der Waals surface area contributed by atoms with Crippen molar-refractivity contribution in [3.05, 3.63) is 81.8 Å². The molecule has 0 saturated heterocycles. The fraction of sp³-hybridized carbons (Fsp3) is 0.400. The number of rotatable bonds is 2. The molecule has 0 amide bonds. The van der Waals surface area contributed by atoms with Gasteiger partial charge >= 0.3 is 0 Å². The van der Waals surface area contributed by atoms with Gasteiger partial charge in [0.25, 0.3) is 0 Å². The van der Waals surface area contributed by atoms with Crippen molar-refractivity contribution >= 4 is 15.9 Å². The van der Waals surface area contributed by atoms with E-state index in [9.17, 15) is 0 Å². The highest BCUT2D eigenvalue weighted by atomic mass is 79.9. The molecule has 3 aromatic carbocycles. The lowest BCUT2D eigenvalue weighted by molar-refractivity contribution is 0.569.